The highest BCUT2D eigenvalue weighted by Crippen LogP contribution is 2.35. The molecule has 0 spiro atoms. The molecule has 0 aromatic heterocycles. The summed E-state index contributed by atoms with van der Waals surface area (Å²) in [6.45, 7) is 1.84. The van der Waals surface area contributed by atoms with Gasteiger partial charge in [-0.3, -0.25) is 0 Å². The van der Waals surface area contributed by atoms with E-state index >= 15 is 0 Å². The third-order valence-electron chi connectivity index (χ3n) is 2.90. The lowest BCUT2D eigenvalue weighted by molar-refractivity contribution is -0.145. The number of ether oxygens (including phenoxy) is 2. The average Bonchev–Trinajstić information content (AvgIpc) is 2.64. The third-order valence-corrected chi connectivity index (χ3v) is 2.90. The zero-order valence-corrected chi connectivity index (χ0v) is 9.66. The van der Waals surface area contributed by atoms with Crippen molar-refractivity contribution >= 4 is 11.7 Å². The molecule has 1 aliphatic heterocycles. The summed E-state index contributed by atoms with van der Waals surface area (Å²) >= 11 is 0. The number of carbonyl (C=O) groups is 1. The van der Waals surface area contributed by atoms with E-state index in [1.165, 1.54) is 7.11 Å². The van der Waals surface area contributed by atoms with Gasteiger partial charge in [-0.2, -0.15) is 0 Å². The van der Waals surface area contributed by atoms with Crippen LogP contribution in [0.1, 0.15) is 12.5 Å². The summed E-state index contributed by atoms with van der Waals surface area (Å²) in [6.07, 6.45) is 0.617. The van der Waals surface area contributed by atoms with Crippen LogP contribution in [0.5, 0.6) is 5.75 Å². The van der Waals surface area contributed by atoms with Crippen LogP contribution in [0.15, 0.2) is 18.2 Å². The molecule has 0 saturated heterocycles. The molecule has 1 aromatic rings. The molecule has 0 bridgehead atoms. The number of methoxy groups -OCH3 is 2. The third kappa shape index (κ3) is 1.60. The summed E-state index contributed by atoms with van der Waals surface area (Å²) in [7, 11) is 3.03. The Morgan fingerprint density at radius 3 is 2.81 bits per heavy atom. The molecular formula is C12H15NO3. The van der Waals surface area contributed by atoms with Crippen molar-refractivity contribution in [3.8, 4) is 5.75 Å². The Hall–Kier alpha value is -1.71. The normalized spacial score (nSPS) is 22.2. The Bertz CT molecular complexity index is 430. The molecule has 4 nitrogen and oxygen atoms in total. The van der Waals surface area contributed by atoms with Crippen LogP contribution in [0, 0.1) is 0 Å². The topological polar surface area (TPSA) is 47.6 Å². The number of carbonyl (C=O) groups excluding carboxylic acids is 1. The van der Waals surface area contributed by atoms with E-state index in [1.54, 1.807) is 7.11 Å². The molecule has 1 heterocycles. The quantitative estimate of drug-likeness (QED) is 0.770. The second kappa shape index (κ2) is 3.70. The number of hydrogen-bond acceptors (Lipinski definition) is 4. The van der Waals surface area contributed by atoms with E-state index in [9.17, 15) is 4.79 Å². The maximum absolute atomic E-state index is 11.6. The van der Waals surface area contributed by atoms with E-state index in [0.29, 0.717) is 6.42 Å². The molecule has 0 fully saturated rings. The van der Waals surface area contributed by atoms with Gasteiger partial charge in [0, 0.05) is 12.1 Å². The van der Waals surface area contributed by atoms with Crippen LogP contribution in [0.25, 0.3) is 0 Å². The molecule has 0 aliphatic carbocycles. The van der Waals surface area contributed by atoms with Gasteiger partial charge in [-0.15, -0.1) is 0 Å². The number of hydrogen-bond donors (Lipinski definition) is 1. The van der Waals surface area contributed by atoms with Crippen molar-refractivity contribution in [1.29, 1.82) is 0 Å². The van der Waals surface area contributed by atoms with Crippen molar-refractivity contribution in [2.45, 2.75) is 18.9 Å². The van der Waals surface area contributed by atoms with Crippen molar-refractivity contribution in [2.75, 3.05) is 19.5 Å². The average molecular weight is 221 g/mol. The minimum absolute atomic E-state index is 0.248. The second-order valence-corrected chi connectivity index (χ2v) is 4.15. The lowest BCUT2D eigenvalue weighted by Gasteiger charge is -2.21. The molecular weight excluding hydrogens is 206 g/mol. The van der Waals surface area contributed by atoms with Crippen molar-refractivity contribution in [3.05, 3.63) is 23.8 Å². The summed E-state index contributed by atoms with van der Waals surface area (Å²) in [6, 6.07) is 5.73. The molecule has 86 valence electrons. The highest BCUT2D eigenvalue weighted by atomic mass is 16.5. The summed E-state index contributed by atoms with van der Waals surface area (Å²) in [5.41, 5.74) is 1.38. The minimum Gasteiger partial charge on any atom is -0.497 e. The standard InChI is InChI=1S/C12H15NO3/c1-12(11(14)16-3)7-8-6-9(15-2)4-5-10(8)13-12/h4-6,13H,7H2,1-3H3. The summed E-state index contributed by atoms with van der Waals surface area (Å²) in [5, 5.41) is 3.18. The molecule has 2 rings (SSSR count). The zero-order chi connectivity index (χ0) is 11.8. The maximum Gasteiger partial charge on any atom is 0.331 e. The van der Waals surface area contributed by atoms with Gasteiger partial charge < -0.3 is 14.8 Å². The van der Waals surface area contributed by atoms with E-state index in [4.69, 9.17) is 9.47 Å². The van der Waals surface area contributed by atoms with E-state index in [2.05, 4.69) is 5.32 Å². The van der Waals surface area contributed by atoms with Gasteiger partial charge >= 0.3 is 5.97 Å². The molecule has 0 saturated carbocycles. The van der Waals surface area contributed by atoms with Crippen LogP contribution in [-0.2, 0) is 16.0 Å². The lowest BCUT2D eigenvalue weighted by Crippen LogP contribution is -2.42. The van der Waals surface area contributed by atoms with Crippen LogP contribution >= 0.6 is 0 Å². The van der Waals surface area contributed by atoms with Gasteiger partial charge in [0.2, 0.25) is 0 Å². The second-order valence-electron chi connectivity index (χ2n) is 4.15. The summed E-state index contributed by atoms with van der Waals surface area (Å²) in [4.78, 5) is 11.6. The number of benzene rings is 1. The predicted octanol–water partition coefficient (Wildman–Crippen LogP) is 1.59. The molecule has 1 N–H and O–H groups in total. The SMILES string of the molecule is COC(=O)C1(C)Cc2cc(OC)ccc2N1. The summed E-state index contributed by atoms with van der Waals surface area (Å²) < 4.78 is 9.94. The number of anilines is 1. The molecule has 0 radical (unpaired) electrons. The van der Waals surface area contributed by atoms with Crippen LogP contribution in [0.3, 0.4) is 0 Å². The predicted molar refractivity (Wildman–Crippen MR) is 60.7 cm³/mol. The Morgan fingerprint density at radius 2 is 2.19 bits per heavy atom. The molecule has 1 aromatic carbocycles. The Kier molecular flexibility index (Phi) is 2.50. The van der Waals surface area contributed by atoms with Gasteiger partial charge in [0.15, 0.2) is 0 Å². The van der Waals surface area contributed by atoms with E-state index < -0.39 is 5.54 Å². The highest BCUT2D eigenvalue weighted by Gasteiger charge is 2.40. The first kappa shape index (κ1) is 10.8. The van der Waals surface area contributed by atoms with Gasteiger partial charge in [0.1, 0.15) is 11.3 Å². The van der Waals surface area contributed by atoms with Crippen molar-refractivity contribution < 1.29 is 14.3 Å². The van der Waals surface area contributed by atoms with E-state index in [-0.39, 0.29) is 5.97 Å². The van der Waals surface area contributed by atoms with Crippen molar-refractivity contribution in [3.63, 3.8) is 0 Å². The van der Waals surface area contributed by atoms with Gasteiger partial charge in [0.25, 0.3) is 0 Å². The number of fused-ring (bicyclic) bond motifs is 1. The van der Waals surface area contributed by atoms with Crippen LogP contribution in [-0.4, -0.2) is 25.7 Å². The number of esters is 1. The molecule has 16 heavy (non-hydrogen) atoms. The number of rotatable bonds is 2. The molecule has 0 amide bonds. The van der Waals surface area contributed by atoms with Gasteiger partial charge in [-0.1, -0.05) is 0 Å². The van der Waals surface area contributed by atoms with Gasteiger partial charge in [0.05, 0.1) is 14.2 Å². The van der Waals surface area contributed by atoms with E-state index in [0.717, 1.165) is 17.0 Å². The molecule has 1 aliphatic rings. The van der Waals surface area contributed by atoms with Gasteiger partial charge in [-0.25, -0.2) is 4.79 Å². The largest absolute Gasteiger partial charge is 0.497 e. The first-order chi connectivity index (χ1) is 7.59. The van der Waals surface area contributed by atoms with Crippen LogP contribution in [0.4, 0.5) is 5.69 Å². The first-order valence-corrected chi connectivity index (χ1v) is 5.12. The fourth-order valence-electron chi connectivity index (χ4n) is 2.04. The fraction of sp³-hybridized carbons (Fsp3) is 0.417. The highest BCUT2D eigenvalue weighted by molar-refractivity contribution is 5.87. The number of nitrogens with one attached hydrogen (secondary N) is 1. The maximum atomic E-state index is 11.6. The minimum atomic E-state index is -0.663. The van der Waals surface area contributed by atoms with Crippen molar-refractivity contribution in [1.82, 2.24) is 0 Å². The lowest BCUT2D eigenvalue weighted by atomic mass is 9.98. The monoisotopic (exact) mass is 221 g/mol. The molecule has 1 atom stereocenters. The smallest absolute Gasteiger partial charge is 0.331 e. The van der Waals surface area contributed by atoms with E-state index in [1.807, 2.05) is 25.1 Å². The fourth-order valence-corrected chi connectivity index (χ4v) is 2.04. The zero-order valence-electron chi connectivity index (χ0n) is 9.66. The Labute approximate surface area is 94.6 Å². The summed E-state index contributed by atoms with van der Waals surface area (Å²) in [5.74, 6) is 0.553. The van der Waals surface area contributed by atoms with Crippen LogP contribution in [0.2, 0.25) is 0 Å². The van der Waals surface area contributed by atoms with Crippen LogP contribution < -0.4 is 10.1 Å². The Balaban J connectivity index is 2.30. The van der Waals surface area contributed by atoms with Crippen molar-refractivity contribution in [2.24, 2.45) is 0 Å². The first-order valence-electron chi connectivity index (χ1n) is 5.12. The Morgan fingerprint density at radius 1 is 1.44 bits per heavy atom. The molecule has 4 heteroatoms. The van der Waals surface area contributed by atoms with Gasteiger partial charge in [-0.05, 0) is 30.7 Å². The molecule has 1 unspecified atom stereocenters.